The van der Waals surface area contributed by atoms with Gasteiger partial charge >= 0.3 is 0 Å². The Morgan fingerprint density at radius 3 is 2.40 bits per heavy atom. The fraction of sp³-hybridized carbons (Fsp3) is 0.409. The lowest BCUT2D eigenvalue weighted by Crippen LogP contribution is -2.43. The van der Waals surface area contributed by atoms with E-state index in [4.69, 9.17) is 0 Å². The quantitative estimate of drug-likeness (QED) is 0.740. The largest absolute Gasteiger partial charge is 0.351 e. The van der Waals surface area contributed by atoms with Crippen LogP contribution in [0.2, 0.25) is 0 Å². The first-order chi connectivity index (χ1) is 12.1. The lowest BCUT2D eigenvalue weighted by Gasteiger charge is -2.40. The van der Waals surface area contributed by atoms with Gasteiger partial charge in [-0.05, 0) is 55.6 Å². The zero-order valence-corrected chi connectivity index (χ0v) is 15.9. The molecule has 1 amide bonds. The number of carbonyl (C=O) groups excluding carboxylic acids is 1. The predicted octanol–water partition coefficient (Wildman–Crippen LogP) is 5.29. The Kier molecular flexibility index (Phi) is 5.85. The number of nitrogens with one attached hydrogen (secondary N) is 1. The van der Waals surface area contributed by atoms with Crippen LogP contribution in [0.1, 0.15) is 48.5 Å². The summed E-state index contributed by atoms with van der Waals surface area (Å²) >= 11 is 1.62. The monoisotopic (exact) mass is 353 g/mol. The highest BCUT2D eigenvalue weighted by Crippen LogP contribution is 2.41. The molecule has 2 aromatic rings. The molecule has 1 aliphatic rings. The molecule has 0 aromatic heterocycles. The maximum Gasteiger partial charge on any atom is 0.252 e. The van der Waals surface area contributed by atoms with Gasteiger partial charge in [0, 0.05) is 16.9 Å². The summed E-state index contributed by atoms with van der Waals surface area (Å²) in [4.78, 5) is 13.8. The Balaban J connectivity index is 1.78. The van der Waals surface area contributed by atoms with Gasteiger partial charge in [0.2, 0.25) is 0 Å². The molecule has 3 heteroatoms. The van der Waals surface area contributed by atoms with Crippen molar-refractivity contribution < 1.29 is 4.79 Å². The van der Waals surface area contributed by atoms with Crippen LogP contribution in [0.15, 0.2) is 59.5 Å². The van der Waals surface area contributed by atoms with Crippen LogP contribution in [0, 0.1) is 5.92 Å². The number of thioether (sulfide) groups is 1. The van der Waals surface area contributed by atoms with Crippen molar-refractivity contribution in [2.45, 2.75) is 42.9 Å². The molecule has 1 N–H and O–H groups in total. The molecule has 1 fully saturated rings. The number of hydrogen-bond acceptors (Lipinski definition) is 2. The fourth-order valence-electron chi connectivity index (χ4n) is 3.85. The van der Waals surface area contributed by atoms with Gasteiger partial charge in [0.1, 0.15) is 0 Å². The summed E-state index contributed by atoms with van der Waals surface area (Å²) in [5.74, 6) is 0.823. The molecule has 0 bridgehead atoms. The zero-order valence-electron chi connectivity index (χ0n) is 15.1. The Labute approximate surface area is 155 Å². The van der Waals surface area contributed by atoms with Crippen molar-refractivity contribution in [3.8, 4) is 0 Å². The van der Waals surface area contributed by atoms with Crippen molar-refractivity contribution in [1.29, 1.82) is 0 Å². The first kappa shape index (κ1) is 18.1. The minimum absolute atomic E-state index is 0.0406. The van der Waals surface area contributed by atoms with Gasteiger partial charge in [-0.15, -0.1) is 11.8 Å². The number of rotatable bonds is 5. The summed E-state index contributed by atoms with van der Waals surface area (Å²) in [6.45, 7) is 3.05. The summed E-state index contributed by atoms with van der Waals surface area (Å²) in [6, 6.07) is 18.6. The molecule has 1 aliphatic carbocycles. The van der Waals surface area contributed by atoms with E-state index in [1.54, 1.807) is 11.8 Å². The van der Waals surface area contributed by atoms with Gasteiger partial charge in [0.25, 0.3) is 5.91 Å². The van der Waals surface area contributed by atoms with E-state index >= 15 is 0 Å². The molecule has 1 saturated carbocycles. The second kappa shape index (κ2) is 8.09. The molecular formula is C22H27NOS. The Morgan fingerprint density at radius 2 is 1.72 bits per heavy atom. The summed E-state index contributed by atoms with van der Waals surface area (Å²) in [7, 11) is 0. The third kappa shape index (κ3) is 4.09. The Morgan fingerprint density at radius 1 is 1.08 bits per heavy atom. The molecule has 2 aromatic carbocycles. The normalized spacial score (nSPS) is 23.2. The standard InChI is InChI=1S/C22H27NOS/c1-17-12-14-22(15-13-17,18-8-4-3-5-9-18)16-23-21(24)19-10-6-7-11-20(19)25-2/h3-11,17H,12-16H2,1-2H3,(H,23,24). The minimum Gasteiger partial charge on any atom is -0.351 e. The van der Waals surface area contributed by atoms with E-state index < -0.39 is 0 Å². The molecule has 0 atom stereocenters. The Bertz CT molecular complexity index is 705. The maximum atomic E-state index is 12.8. The lowest BCUT2D eigenvalue weighted by atomic mass is 9.67. The van der Waals surface area contributed by atoms with Crippen LogP contribution in [0.4, 0.5) is 0 Å². The topological polar surface area (TPSA) is 29.1 Å². The molecule has 0 radical (unpaired) electrons. The van der Waals surface area contributed by atoms with Crippen molar-refractivity contribution in [3.63, 3.8) is 0 Å². The highest BCUT2D eigenvalue weighted by molar-refractivity contribution is 7.98. The van der Waals surface area contributed by atoms with E-state index in [2.05, 4.69) is 42.6 Å². The van der Waals surface area contributed by atoms with E-state index in [1.165, 1.54) is 18.4 Å². The van der Waals surface area contributed by atoms with Gasteiger partial charge in [-0.1, -0.05) is 49.4 Å². The first-order valence-electron chi connectivity index (χ1n) is 9.11. The summed E-state index contributed by atoms with van der Waals surface area (Å²) in [5, 5.41) is 3.25. The van der Waals surface area contributed by atoms with Crippen LogP contribution in [0.25, 0.3) is 0 Å². The predicted molar refractivity (Wildman–Crippen MR) is 106 cm³/mol. The van der Waals surface area contributed by atoms with Crippen LogP contribution in [-0.2, 0) is 5.41 Å². The highest BCUT2D eigenvalue weighted by atomic mass is 32.2. The second-order valence-corrected chi connectivity index (χ2v) is 8.06. The van der Waals surface area contributed by atoms with Crippen LogP contribution in [0.3, 0.4) is 0 Å². The molecule has 3 rings (SSSR count). The molecule has 0 heterocycles. The fourth-order valence-corrected chi connectivity index (χ4v) is 4.45. The smallest absolute Gasteiger partial charge is 0.252 e. The van der Waals surface area contributed by atoms with E-state index in [0.717, 1.165) is 29.2 Å². The third-order valence-corrected chi connectivity index (χ3v) is 6.35. The van der Waals surface area contributed by atoms with Crippen molar-refractivity contribution in [2.24, 2.45) is 5.92 Å². The second-order valence-electron chi connectivity index (χ2n) is 7.21. The van der Waals surface area contributed by atoms with Crippen LogP contribution >= 0.6 is 11.8 Å². The van der Waals surface area contributed by atoms with E-state index in [0.29, 0.717) is 6.54 Å². The van der Waals surface area contributed by atoms with Crippen LogP contribution < -0.4 is 5.32 Å². The van der Waals surface area contributed by atoms with Gasteiger partial charge in [0.05, 0.1) is 5.56 Å². The number of hydrogen-bond donors (Lipinski definition) is 1. The lowest BCUT2D eigenvalue weighted by molar-refractivity contribution is 0.0930. The summed E-state index contributed by atoms with van der Waals surface area (Å²) < 4.78 is 0. The minimum atomic E-state index is 0.0406. The highest BCUT2D eigenvalue weighted by Gasteiger charge is 2.36. The number of carbonyl (C=O) groups is 1. The molecule has 0 saturated heterocycles. The molecule has 2 nitrogen and oxygen atoms in total. The van der Waals surface area contributed by atoms with Crippen LogP contribution in [0.5, 0.6) is 0 Å². The van der Waals surface area contributed by atoms with Gasteiger partial charge in [-0.25, -0.2) is 0 Å². The molecule has 132 valence electrons. The van der Waals surface area contributed by atoms with Gasteiger partial charge < -0.3 is 5.32 Å². The summed E-state index contributed by atoms with van der Waals surface area (Å²) in [5.41, 5.74) is 2.21. The average Bonchev–Trinajstić information content (AvgIpc) is 2.68. The van der Waals surface area contributed by atoms with Crippen LogP contribution in [-0.4, -0.2) is 18.7 Å². The van der Waals surface area contributed by atoms with Gasteiger partial charge in [0.15, 0.2) is 0 Å². The number of benzene rings is 2. The first-order valence-corrected chi connectivity index (χ1v) is 10.3. The Hall–Kier alpha value is -1.74. The average molecular weight is 354 g/mol. The maximum absolute atomic E-state index is 12.8. The molecular weight excluding hydrogens is 326 g/mol. The number of amides is 1. The van der Waals surface area contributed by atoms with Gasteiger partial charge in [-0.2, -0.15) is 0 Å². The molecule has 0 spiro atoms. The molecule has 0 unspecified atom stereocenters. The van der Waals surface area contributed by atoms with Crippen molar-refractivity contribution >= 4 is 17.7 Å². The molecule has 0 aliphatic heterocycles. The van der Waals surface area contributed by atoms with Gasteiger partial charge in [-0.3, -0.25) is 4.79 Å². The molecule has 25 heavy (non-hydrogen) atoms. The van der Waals surface area contributed by atoms with Crippen molar-refractivity contribution in [1.82, 2.24) is 5.32 Å². The van der Waals surface area contributed by atoms with E-state index in [9.17, 15) is 4.79 Å². The van der Waals surface area contributed by atoms with Crippen molar-refractivity contribution in [2.75, 3.05) is 12.8 Å². The zero-order chi connectivity index (χ0) is 17.7. The van der Waals surface area contributed by atoms with Crippen molar-refractivity contribution in [3.05, 3.63) is 65.7 Å². The SMILES string of the molecule is CSc1ccccc1C(=O)NCC1(c2ccccc2)CCC(C)CC1. The van der Waals surface area contributed by atoms with E-state index in [-0.39, 0.29) is 11.3 Å². The summed E-state index contributed by atoms with van der Waals surface area (Å²) in [6.07, 6.45) is 6.75. The third-order valence-electron chi connectivity index (χ3n) is 5.56. The van der Waals surface area contributed by atoms with E-state index in [1.807, 2.05) is 30.5 Å².